The molecule has 0 radical (unpaired) electrons. The first-order valence-corrected chi connectivity index (χ1v) is 8.80. The Kier molecular flexibility index (Phi) is 5.37. The van der Waals surface area contributed by atoms with Crippen LogP contribution in [0.1, 0.15) is 29.5 Å². The zero-order chi connectivity index (χ0) is 15.5. The highest BCUT2D eigenvalue weighted by Gasteiger charge is 2.21. The summed E-state index contributed by atoms with van der Waals surface area (Å²) in [5, 5.41) is 0. The zero-order valence-electron chi connectivity index (χ0n) is 12.7. The number of nitrogens with two attached hydrogens (primary N) is 1. The molecule has 6 heteroatoms. The molecule has 1 unspecified atom stereocenters. The van der Waals surface area contributed by atoms with E-state index in [0.29, 0.717) is 24.6 Å². The minimum absolute atomic E-state index is 0.258. The number of nitrogens with one attached hydrogen (secondary N) is 1. The summed E-state index contributed by atoms with van der Waals surface area (Å²) >= 11 is 0. The van der Waals surface area contributed by atoms with Gasteiger partial charge in [0.25, 0.3) is 0 Å². The second kappa shape index (κ2) is 6.87. The van der Waals surface area contributed by atoms with Crippen molar-refractivity contribution < 1.29 is 13.2 Å². The van der Waals surface area contributed by atoms with Crippen LogP contribution in [0.4, 0.5) is 0 Å². The molecular weight excluding hydrogens is 288 g/mol. The van der Waals surface area contributed by atoms with Crippen molar-refractivity contribution in [2.75, 3.05) is 19.8 Å². The summed E-state index contributed by atoms with van der Waals surface area (Å²) in [5.41, 5.74) is 8.31. The molecular formula is C15H24N2O3S. The van der Waals surface area contributed by atoms with E-state index in [1.54, 1.807) is 6.07 Å². The molecule has 1 atom stereocenters. The van der Waals surface area contributed by atoms with Gasteiger partial charge in [-0.2, -0.15) is 0 Å². The fourth-order valence-corrected chi connectivity index (χ4v) is 4.05. The molecule has 1 fully saturated rings. The molecule has 1 heterocycles. The van der Waals surface area contributed by atoms with Gasteiger partial charge in [0.15, 0.2) is 0 Å². The Morgan fingerprint density at radius 3 is 2.71 bits per heavy atom. The number of ether oxygens (including phenoxy) is 1. The van der Waals surface area contributed by atoms with E-state index in [-0.39, 0.29) is 5.92 Å². The third-order valence-corrected chi connectivity index (χ3v) is 5.53. The molecule has 1 aromatic carbocycles. The van der Waals surface area contributed by atoms with E-state index in [1.807, 2.05) is 19.9 Å². The van der Waals surface area contributed by atoms with Gasteiger partial charge in [-0.25, -0.2) is 13.1 Å². The molecule has 2 rings (SSSR count). The third-order valence-electron chi connectivity index (χ3n) is 3.96. The summed E-state index contributed by atoms with van der Waals surface area (Å²) in [6.07, 6.45) is 2.00. The molecule has 0 spiro atoms. The van der Waals surface area contributed by atoms with E-state index < -0.39 is 10.0 Å². The lowest BCUT2D eigenvalue weighted by atomic mass is 10.0. The van der Waals surface area contributed by atoms with Gasteiger partial charge in [-0.1, -0.05) is 6.07 Å². The Bertz CT molecular complexity index is 593. The van der Waals surface area contributed by atoms with Gasteiger partial charge in [-0.05, 0) is 55.4 Å². The van der Waals surface area contributed by atoms with Crippen molar-refractivity contribution in [1.82, 2.24) is 4.72 Å². The van der Waals surface area contributed by atoms with Crippen molar-refractivity contribution in [2.24, 2.45) is 11.7 Å². The first-order chi connectivity index (χ1) is 9.94. The summed E-state index contributed by atoms with van der Waals surface area (Å²) < 4.78 is 33.1. The molecule has 1 aliphatic heterocycles. The molecule has 1 saturated heterocycles. The average Bonchev–Trinajstić information content (AvgIpc) is 2.46. The third kappa shape index (κ3) is 4.03. The van der Waals surface area contributed by atoms with Crippen LogP contribution in [0.5, 0.6) is 0 Å². The lowest BCUT2D eigenvalue weighted by Crippen LogP contribution is -2.33. The monoisotopic (exact) mass is 312 g/mol. The van der Waals surface area contributed by atoms with Crippen molar-refractivity contribution in [3.63, 3.8) is 0 Å². The standard InChI is InChI=1S/C15H24N2O3S/c1-11-6-12(2)15(7-14(11)8-16)21(18,19)17-9-13-4-3-5-20-10-13/h6-7,13,17H,3-5,8-10,16H2,1-2H3. The second-order valence-corrected chi connectivity index (χ2v) is 7.42. The first-order valence-electron chi connectivity index (χ1n) is 7.31. The lowest BCUT2D eigenvalue weighted by Gasteiger charge is -2.22. The summed E-state index contributed by atoms with van der Waals surface area (Å²) in [5.74, 6) is 0.258. The number of aryl methyl sites for hydroxylation is 2. The van der Waals surface area contributed by atoms with Crippen LogP contribution in [0.3, 0.4) is 0 Å². The maximum atomic E-state index is 12.5. The van der Waals surface area contributed by atoms with Crippen LogP contribution in [0.25, 0.3) is 0 Å². The zero-order valence-corrected chi connectivity index (χ0v) is 13.5. The molecule has 0 amide bonds. The predicted octanol–water partition coefficient (Wildman–Crippen LogP) is 1.47. The largest absolute Gasteiger partial charge is 0.381 e. The summed E-state index contributed by atoms with van der Waals surface area (Å²) in [7, 11) is -3.50. The smallest absolute Gasteiger partial charge is 0.240 e. The molecule has 1 aromatic rings. The van der Waals surface area contributed by atoms with Crippen molar-refractivity contribution in [1.29, 1.82) is 0 Å². The van der Waals surface area contributed by atoms with E-state index in [1.165, 1.54) is 0 Å². The van der Waals surface area contributed by atoms with E-state index in [2.05, 4.69) is 4.72 Å². The van der Waals surface area contributed by atoms with Gasteiger partial charge < -0.3 is 10.5 Å². The Morgan fingerprint density at radius 2 is 2.10 bits per heavy atom. The van der Waals surface area contributed by atoms with Crippen LogP contribution in [-0.2, 0) is 21.3 Å². The normalized spacial score (nSPS) is 19.7. The fourth-order valence-electron chi connectivity index (χ4n) is 2.66. The number of hydrogen-bond acceptors (Lipinski definition) is 4. The maximum Gasteiger partial charge on any atom is 0.240 e. The van der Waals surface area contributed by atoms with E-state index >= 15 is 0 Å². The molecule has 0 aromatic heterocycles. The minimum Gasteiger partial charge on any atom is -0.381 e. The van der Waals surface area contributed by atoms with Gasteiger partial charge in [-0.15, -0.1) is 0 Å². The van der Waals surface area contributed by atoms with Crippen molar-refractivity contribution in [2.45, 2.75) is 38.1 Å². The van der Waals surface area contributed by atoms with Gasteiger partial charge in [0.1, 0.15) is 0 Å². The summed E-state index contributed by atoms with van der Waals surface area (Å²) in [6, 6.07) is 3.56. The fraction of sp³-hybridized carbons (Fsp3) is 0.600. The van der Waals surface area contributed by atoms with Crippen LogP contribution in [0, 0.1) is 19.8 Å². The Balaban J connectivity index is 2.15. The van der Waals surface area contributed by atoms with Crippen molar-refractivity contribution >= 4 is 10.0 Å². The SMILES string of the molecule is Cc1cc(C)c(S(=O)(=O)NCC2CCCOC2)cc1CN. The van der Waals surface area contributed by atoms with Gasteiger partial charge in [0.2, 0.25) is 10.0 Å². The van der Waals surface area contributed by atoms with Crippen molar-refractivity contribution in [3.8, 4) is 0 Å². The number of benzene rings is 1. The Labute approximate surface area is 126 Å². The van der Waals surface area contributed by atoms with E-state index in [4.69, 9.17) is 10.5 Å². The number of sulfonamides is 1. The number of hydrogen-bond donors (Lipinski definition) is 2. The molecule has 21 heavy (non-hydrogen) atoms. The van der Waals surface area contributed by atoms with Crippen LogP contribution >= 0.6 is 0 Å². The Morgan fingerprint density at radius 1 is 1.33 bits per heavy atom. The number of rotatable bonds is 5. The summed E-state index contributed by atoms with van der Waals surface area (Å²) in [6.45, 7) is 5.92. The molecule has 5 nitrogen and oxygen atoms in total. The van der Waals surface area contributed by atoms with Crippen LogP contribution in [0.15, 0.2) is 17.0 Å². The molecule has 118 valence electrons. The van der Waals surface area contributed by atoms with Gasteiger partial charge in [0.05, 0.1) is 11.5 Å². The molecule has 0 bridgehead atoms. The predicted molar refractivity (Wildman–Crippen MR) is 82.5 cm³/mol. The second-order valence-electron chi connectivity index (χ2n) is 5.68. The van der Waals surface area contributed by atoms with Gasteiger partial charge in [0, 0.05) is 19.7 Å². The Hall–Kier alpha value is -0.950. The molecule has 0 aliphatic carbocycles. The molecule has 0 saturated carbocycles. The quantitative estimate of drug-likeness (QED) is 0.862. The minimum atomic E-state index is -3.50. The first kappa shape index (κ1) is 16.4. The highest BCUT2D eigenvalue weighted by Crippen LogP contribution is 2.21. The van der Waals surface area contributed by atoms with Gasteiger partial charge >= 0.3 is 0 Å². The summed E-state index contributed by atoms with van der Waals surface area (Å²) in [4.78, 5) is 0.324. The van der Waals surface area contributed by atoms with Crippen molar-refractivity contribution in [3.05, 3.63) is 28.8 Å². The van der Waals surface area contributed by atoms with Crippen LogP contribution < -0.4 is 10.5 Å². The van der Waals surface area contributed by atoms with E-state index in [9.17, 15) is 8.42 Å². The lowest BCUT2D eigenvalue weighted by molar-refractivity contribution is 0.0568. The molecule has 3 N–H and O–H groups in total. The molecule has 1 aliphatic rings. The highest BCUT2D eigenvalue weighted by atomic mass is 32.2. The van der Waals surface area contributed by atoms with Gasteiger partial charge in [-0.3, -0.25) is 0 Å². The van der Waals surface area contributed by atoms with Crippen LogP contribution in [0.2, 0.25) is 0 Å². The average molecular weight is 312 g/mol. The van der Waals surface area contributed by atoms with E-state index in [0.717, 1.165) is 36.1 Å². The highest BCUT2D eigenvalue weighted by molar-refractivity contribution is 7.89. The topological polar surface area (TPSA) is 81.4 Å². The van der Waals surface area contributed by atoms with Crippen LogP contribution in [-0.4, -0.2) is 28.2 Å². The maximum absolute atomic E-state index is 12.5.